The Hall–Kier alpha value is -2.84. The van der Waals surface area contributed by atoms with Gasteiger partial charge in [-0.05, 0) is 80.6 Å². The fraction of sp³-hybridized carbons (Fsp3) is 0.455. The molecule has 1 fully saturated rings. The molecule has 3 N–H and O–H groups in total. The Morgan fingerprint density at radius 3 is 2.52 bits per heavy atom. The number of rotatable bonds is 10. The normalized spacial score (nSPS) is 16.8. The van der Waals surface area contributed by atoms with Crippen LogP contribution in [0.1, 0.15) is 44.7 Å². The molecule has 1 heterocycles. The molecule has 7 nitrogen and oxygen atoms in total. The van der Waals surface area contributed by atoms with Crippen molar-refractivity contribution in [3.05, 3.63) is 81.8 Å². The number of nitrogens with one attached hydrogen (secondary N) is 1. The Bertz CT molecular complexity index is 1380. The minimum absolute atomic E-state index is 0.0185. The molecule has 226 valence electrons. The van der Waals surface area contributed by atoms with Gasteiger partial charge in [0.1, 0.15) is 11.6 Å². The first-order valence-corrected chi connectivity index (χ1v) is 15.4. The lowest BCUT2D eigenvalue weighted by molar-refractivity contribution is -0.138. The molecule has 0 spiro atoms. The number of halogens is 2. The van der Waals surface area contributed by atoms with Gasteiger partial charge in [0, 0.05) is 48.7 Å². The van der Waals surface area contributed by atoms with E-state index in [1.807, 2.05) is 4.90 Å². The van der Waals surface area contributed by atoms with E-state index in [0.717, 1.165) is 44.5 Å². The summed E-state index contributed by atoms with van der Waals surface area (Å²) in [6.45, 7) is 8.89. The highest BCUT2D eigenvalue weighted by Crippen LogP contribution is 2.24. The summed E-state index contributed by atoms with van der Waals surface area (Å²) in [6.07, 6.45) is 2.11. The first kappa shape index (κ1) is 32.1. The highest BCUT2D eigenvalue weighted by atomic mass is 35.5. The van der Waals surface area contributed by atoms with E-state index >= 15 is 0 Å². The number of hydrogen-bond donors (Lipinski definition) is 2. The second-order valence-electron chi connectivity index (χ2n) is 12.0. The predicted octanol–water partition coefficient (Wildman–Crippen LogP) is 6.08. The van der Waals surface area contributed by atoms with E-state index < -0.39 is 17.7 Å². The Morgan fingerprint density at radius 1 is 1.05 bits per heavy atom. The van der Waals surface area contributed by atoms with Gasteiger partial charge in [-0.1, -0.05) is 71.7 Å². The number of carbonyl (C=O) groups excluding carboxylic acids is 2. The van der Waals surface area contributed by atoms with Gasteiger partial charge in [0.05, 0.1) is 0 Å². The SMILES string of the molecule is CC(C)(C)OC(=O)NC(Cc1ccc(Cl)cc1Cl)C(=O)N1CCN(CCc2ccc3ccccc3c2)CC1CCCN. The molecule has 2 atom stereocenters. The summed E-state index contributed by atoms with van der Waals surface area (Å²) >= 11 is 12.6. The van der Waals surface area contributed by atoms with Gasteiger partial charge in [-0.15, -0.1) is 0 Å². The van der Waals surface area contributed by atoms with E-state index in [9.17, 15) is 9.59 Å². The van der Waals surface area contributed by atoms with Crippen molar-refractivity contribution in [2.45, 2.75) is 64.1 Å². The zero-order valence-corrected chi connectivity index (χ0v) is 26.3. The van der Waals surface area contributed by atoms with Crippen LogP contribution in [0.25, 0.3) is 10.8 Å². The molecule has 0 saturated carbocycles. The van der Waals surface area contributed by atoms with Crippen LogP contribution >= 0.6 is 23.2 Å². The number of alkyl carbamates (subject to hydrolysis) is 1. The maximum absolute atomic E-state index is 14.1. The van der Waals surface area contributed by atoms with Crippen molar-refractivity contribution >= 4 is 46.0 Å². The number of amides is 2. The zero-order chi connectivity index (χ0) is 30.3. The topological polar surface area (TPSA) is 87.9 Å². The summed E-state index contributed by atoms with van der Waals surface area (Å²) in [4.78, 5) is 31.2. The zero-order valence-electron chi connectivity index (χ0n) is 24.7. The third kappa shape index (κ3) is 9.08. The Morgan fingerprint density at radius 2 is 1.81 bits per heavy atom. The smallest absolute Gasteiger partial charge is 0.408 e. The number of nitrogens with two attached hydrogens (primary N) is 1. The van der Waals surface area contributed by atoms with Crippen molar-refractivity contribution in [1.29, 1.82) is 0 Å². The molecule has 0 aromatic heterocycles. The van der Waals surface area contributed by atoms with Crippen LogP contribution in [0.4, 0.5) is 4.79 Å². The van der Waals surface area contributed by atoms with Crippen LogP contribution in [0.5, 0.6) is 0 Å². The van der Waals surface area contributed by atoms with Gasteiger partial charge in [0.2, 0.25) is 5.91 Å². The van der Waals surface area contributed by atoms with Gasteiger partial charge in [-0.3, -0.25) is 9.69 Å². The van der Waals surface area contributed by atoms with Crippen LogP contribution in [0, 0.1) is 0 Å². The molecule has 3 aromatic carbocycles. The first-order chi connectivity index (χ1) is 20.0. The minimum atomic E-state index is -0.844. The number of piperazine rings is 1. The molecule has 0 bridgehead atoms. The maximum Gasteiger partial charge on any atom is 0.408 e. The molecule has 42 heavy (non-hydrogen) atoms. The monoisotopic (exact) mass is 612 g/mol. The molecule has 0 radical (unpaired) electrons. The van der Waals surface area contributed by atoms with Gasteiger partial charge in [0.25, 0.3) is 0 Å². The Labute approximate surface area is 259 Å². The second kappa shape index (κ2) is 14.6. The molecule has 1 aliphatic heterocycles. The molecule has 1 aliphatic rings. The highest BCUT2D eigenvalue weighted by Gasteiger charge is 2.35. The highest BCUT2D eigenvalue weighted by molar-refractivity contribution is 6.35. The fourth-order valence-corrected chi connectivity index (χ4v) is 5.94. The second-order valence-corrected chi connectivity index (χ2v) is 12.8. The van der Waals surface area contributed by atoms with Crippen LogP contribution in [0.15, 0.2) is 60.7 Å². The minimum Gasteiger partial charge on any atom is -0.444 e. The summed E-state index contributed by atoms with van der Waals surface area (Å²) in [5.74, 6) is -0.150. The molecule has 9 heteroatoms. The number of nitrogens with zero attached hydrogens (tertiary/aromatic N) is 2. The van der Waals surface area contributed by atoms with E-state index in [4.69, 9.17) is 33.7 Å². The average Bonchev–Trinajstić information content (AvgIpc) is 2.94. The van der Waals surface area contributed by atoms with E-state index in [1.54, 1.807) is 39.0 Å². The number of ether oxygens (including phenoxy) is 1. The van der Waals surface area contributed by atoms with E-state index in [0.29, 0.717) is 23.1 Å². The maximum atomic E-state index is 14.1. The van der Waals surface area contributed by atoms with Crippen LogP contribution in [0.3, 0.4) is 0 Å². The molecule has 2 unspecified atom stereocenters. The van der Waals surface area contributed by atoms with Crippen molar-refractivity contribution in [3.8, 4) is 0 Å². The predicted molar refractivity (Wildman–Crippen MR) is 171 cm³/mol. The van der Waals surface area contributed by atoms with Crippen LogP contribution in [0.2, 0.25) is 10.0 Å². The number of hydrogen-bond acceptors (Lipinski definition) is 5. The van der Waals surface area contributed by atoms with Crippen LogP contribution < -0.4 is 11.1 Å². The fourth-order valence-electron chi connectivity index (χ4n) is 5.45. The summed E-state index contributed by atoms with van der Waals surface area (Å²) in [5.41, 5.74) is 7.21. The molecule has 2 amide bonds. The van der Waals surface area contributed by atoms with E-state index in [2.05, 4.69) is 52.7 Å². The first-order valence-electron chi connectivity index (χ1n) is 14.7. The van der Waals surface area contributed by atoms with Gasteiger partial charge in [-0.2, -0.15) is 0 Å². The van der Waals surface area contributed by atoms with Gasteiger partial charge >= 0.3 is 6.09 Å². The third-order valence-corrected chi connectivity index (χ3v) is 8.14. The number of carbonyl (C=O) groups is 2. The van der Waals surface area contributed by atoms with Crippen molar-refractivity contribution in [3.63, 3.8) is 0 Å². The lowest BCUT2D eigenvalue weighted by Crippen LogP contribution is -2.60. The van der Waals surface area contributed by atoms with Gasteiger partial charge < -0.3 is 20.7 Å². The molecular weight excluding hydrogens is 571 g/mol. The Balaban J connectivity index is 1.47. The molecule has 3 aromatic rings. The van der Waals surface area contributed by atoms with Gasteiger partial charge in [-0.25, -0.2) is 4.79 Å². The summed E-state index contributed by atoms with van der Waals surface area (Å²) in [6, 6.07) is 19.3. The van der Waals surface area contributed by atoms with Crippen molar-refractivity contribution < 1.29 is 14.3 Å². The number of fused-ring (bicyclic) bond motifs is 1. The summed E-state index contributed by atoms with van der Waals surface area (Å²) < 4.78 is 5.50. The van der Waals surface area contributed by atoms with Crippen molar-refractivity contribution in [2.75, 3.05) is 32.7 Å². The standard InChI is InChI=1S/C33H42Cl2N4O3/c1-33(2,3)42-32(41)37-30(20-26-12-13-27(34)21-29(26)35)31(40)39-18-17-38(22-28(39)9-6-15-36)16-14-23-10-11-24-7-4-5-8-25(24)19-23/h4-5,7-8,10-13,19,21,28,30H,6,9,14-18,20,22,36H2,1-3H3,(H,37,41). The number of benzene rings is 3. The molecule has 0 aliphatic carbocycles. The summed E-state index contributed by atoms with van der Waals surface area (Å²) in [7, 11) is 0. The lowest BCUT2D eigenvalue weighted by Gasteiger charge is -2.43. The quantitative estimate of drug-likeness (QED) is 0.290. The molecule has 4 rings (SSSR count). The van der Waals surface area contributed by atoms with Crippen molar-refractivity contribution in [2.24, 2.45) is 5.73 Å². The summed E-state index contributed by atoms with van der Waals surface area (Å²) in [5, 5.41) is 6.27. The average molecular weight is 614 g/mol. The molecule has 1 saturated heterocycles. The Kier molecular flexibility index (Phi) is 11.1. The van der Waals surface area contributed by atoms with Crippen LogP contribution in [-0.4, -0.2) is 72.2 Å². The third-order valence-electron chi connectivity index (χ3n) is 7.55. The van der Waals surface area contributed by atoms with Crippen molar-refractivity contribution in [1.82, 2.24) is 15.1 Å². The lowest BCUT2D eigenvalue weighted by atomic mass is 10.00. The van der Waals surface area contributed by atoms with Gasteiger partial charge in [0.15, 0.2) is 0 Å². The largest absolute Gasteiger partial charge is 0.444 e. The van der Waals surface area contributed by atoms with Crippen LogP contribution in [-0.2, 0) is 22.4 Å². The molecular formula is C33H42Cl2N4O3. The van der Waals surface area contributed by atoms with E-state index in [-0.39, 0.29) is 18.4 Å². The van der Waals surface area contributed by atoms with E-state index in [1.165, 1.54) is 16.3 Å².